The smallest absolute Gasteiger partial charge is 0.547 e. The number of aliphatic carboxylic acids is 6. The third-order valence-electron chi connectivity index (χ3n) is 2.05. The molecule has 0 heterocycles. The summed E-state index contributed by atoms with van der Waals surface area (Å²) in [5, 5.41) is 104. The van der Waals surface area contributed by atoms with Crippen molar-refractivity contribution < 1.29 is 112 Å². The summed E-state index contributed by atoms with van der Waals surface area (Å²) in [4.78, 5) is 56.0. The number of carboxylic acid groups (broad SMARTS) is 6. The van der Waals surface area contributed by atoms with Crippen LogP contribution in [0, 0.1) is 0 Å². The summed E-state index contributed by atoms with van der Waals surface area (Å²) < 4.78 is 0. The van der Waals surface area contributed by atoms with Crippen LogP contribution in [0.5, 0.6) is 0 Å². The van der Waals surface area contributed by atoms with Crippen LogP contribution in [0.3, 0.4) is 0 Å². The second kappa shape index (κ2) is 35.9. The van der Waals surface area contributed by atoms with Crippen LogP contribution in [0.4, 0.5) is 0 Å². The zero-order valence-corrected chi connectivity index (χ0v) is 27.3. The molecule has 0 saturated carbocycles. The van der Waals surface area contributed by atoms with Crippen LogP contribution in [-0.4, -0.2) is 152 Å². The van der Waals surface area contributed by atoms with E-state index >= 15 is 0 Å². The van der Waals surface area contributed by atoms with Crippen molar-refractivity contribution in [2.45, 2.75) is 78.2 Å². The maximum Gasteiger partial charge on any atom is 4.00 e. The first-order valence-corrected chi connectivity index (χ1v) is 9.19. The number of rotatable bonds is 6. The van der Waals surface area contributed by atoms with E-state index in [1.807, 2.05) is 0 Å². The molecular formula is C18H30BaO18Ti. The van der Waals surface area contributed by atoms with Crippen molar-refractivity contribution in [3.63, 3.8) is 0 Å². The number of aliphatic hydroxyl groups is 6. The van der Waals surface area contributed by atoms with Gasteiger partial charge in [-0.2, -0.15) is 0 Å². The van der Waals surface area contributed by atoms with Crippen molar-refractivity contribution in [1.82, 2.24) is 0 Å². The molecule has 6 N–H and O–H groups in total. The minimum absolute atomic E-state index is 0. The predicted molar refractivity (Wildman–Crippen MR) is 106 cm³/mol. The third-order valence-corrected chi connectivity index (χ3v) is 2.05. The van der Waals surface area contributed by atoms with Gasteiger partial charge in [0.1, 0.15) is 0 Å². The largest absolute Gasteiger partial charge is 4.00 e. The molecule has 0 radical (unpaired) electrons. The third kappa shape index (κ3) is 76.5. The first-order valence-electron chi connectivity index (χ1n) is 9.19. The van der Waals surface area contributed by atoms with Crippen LogP contribution < -0.4 is 30.6 Å². The maximum absolute atomic E-state index is 9.34. The topological polar surface area (TPSA) is 362 Å². The molecule has 38 heavy (non-hydrogen) atoms. The summed E-state index contributed by atoms with van der Waals surface area (Å²) in [5.41, 5.74) is 0. The van der Waals surface area contributed by atoms with Gasteiger partial charge in [0.15, 0.2) is 0 Å². The van der Waals surface area contributed by atoms with Gasteiger partial charge in [-0.1, -0.05) is 0 Å². The second-order valence-corrected chi connectivity index (χ2v) is 5.97. The second-order valence-electron chi connectivity index (χ2n) is 5.97. The fraction of sp³-hybridized carbons (Fsp3) is 0.667. The molecule has 18 nitrogen and oxygen atoms in total. The Bertz CT molecular complexity index is 495. The van der Waals surface area contributed by atoms with E-state index in [4.69, 9.17) is 30.6 Å². The quantitative estimate of drug-likeness (QED) is 0.139. The predicted octanol–water partition coefficient (Wildman–Crippen LogP) is -11.7. The molecule has 0 aromatic heterocycles. The van der Waals surface area contributed by atoms with Gasteiger partial charge in [-0.3, -0.25) is 0 Å². The Balaban J connectivity index is -0.0000000469. The van der Waals surface area contributed by atoms with Crippen LogP contribution >= 0.6 is 0 Å². The van der Waals surface area contributed by atoms with Crippen LogP contribution in [-0.2, 0) is 50.5 Å². The Kier molecular flexibility index (Phi) is 53.7. The van der Waals surface area contributed by atoms with E-state index in [9.17, 15) is 59.4 Å². The number of hydrogen-bond donors (Lipinski definition) is 6. The van der Waals surface area contributed by atoms with Crippen LogP contribution in [0.25, 0.3) is 0 Å². The van der Waals surface area contributed by atoms with E-state index in [2.05, 4.69) is 0 Å². The Labute approximate surface area is 272 Å². The van der Waals surface area contributed by atoms with Crippen molar-refractivity contribution in [3.8, 4) is 0 Å². The molecule has 0 aromatic carbocycles. The van der Waals surface area contributed by atoms with E-state index < -0.39 is 72.4 Å². The Morgan fingerprint density at radius 1 is 0.368 bits per heavy atom. The van der Waals surface area contributed by atoms with Crippen LogP contribution in [0.15, 0.2) is 0 Å². The van der Waals surface area contributed by atoms with Crippen molar-refractivity contribution >= 4 is 84.7 Å². The van der Waals surface area contributed by atoms with Gasteiger partial charge in [-0.15, -0.1) is 0 Å². The average Bonchev–Trinajstić information content (AvgIpc) is 2.69. The van der Waals surface area contributed by atoms with Gasteiger partial charge in [0.25, 0.3) is 0 Å². The Morgan fingerprint density at radius 2 is 0.395 bits per heavy atom. The first kappa shape index (κ1) is 56.9. The molecule has 0 bridgehead atoms. The van der Waals surface area contributed by atoms with E-state index in [-0.39, 0.29) is 70.6 Å². The molecule has 0 rings (SSSR count). The molecule has 0 saturated heterocycles. The fourth-order valence-electron chi connectivity index (χ4n) is 0. The zero-order chi connectivity index (χ0) is 30.9. The van der Waals surface area contributed by atoms with Gasteiger partial charge in [0, 0.05) is 0 Å². The molecule has 6 unspecified atom stereocenters. The van der Waals surface area contributed by atoms with E-state index in [1.165, 1.54) is 0 Å². The van der Waals surface area contributed by atoms with Crippen molar-refractivity contribution in [2.75, 3.05) is 0 Å². The van der Waals surface area contributed by atoms with Gasteiger partial charge in [0.05, 0.1) is 72.4 Å². The number of carboxylic acids is 6. The van der Waals surface area contributed by atoms with Crippen molar-refractivity contribution in [3.05, 3.63) is 0 Å². The minimum Gasteiger partial charge on any atom is -0.547 e. The number of aliphatic hydroxyl groups excluding tert-OH is 6. The zero-order valence-electron chi connectivity index (χ0n) is 21.3. The first-order chi connectivity index (χ1) is 15.9. The van der Waals surface area contributed by atoms with Gasteiger partial charge in [0.2, 0.25) is 0 Å². The normalized spacial score (nSPS) is 12.9. The van der Waals surface area contributed by atoms with Gasteiger partial charge < -0.3 is 90.0 Å². The molecule has 0 aliphatic heterocycles. The summed E-state index contributed by atoms with van der Waals surface area (Å²) in [6, 6.07) is 0. The van der Waals surface area contributed by atoms with E-state index in [0.717, 1.165) is 41.5 Å². The molecule has 0 amide bonds. The number of hydrogen-bond acceptors (Lipinski definition) is 18. The summed E-state index contributed by atoms with van der Waals surface area (Å²) in [6.07, 6.45) is -8.06. The van der Waals surface area contributed by atoms with Crippen LogP contribution in [0.2, 0.25) is 0 Å². The van der Waals surface area contributed by atoms with E-state index in [0.29, 0.717) is 0 Å². The SMILES string of the molecule is CC(O)C(=O)[O-].CC(O)C(=O)[O-].CC(O)C(=O)[O-].CC(O)C(=O)[O-].CC(O)C(=O)[O-].CC(O)C(=O)[O-].[Ba+2].[Ti+4]. The van der Waals surface area contributed by atoms with E-state index in [1.54, 1.807) is 0 Å². The molecule has 6 atom stereocenters. The molecule has 0 fully saturated rings. The Morgan fingerprint density at radius 3 is 0.395 bits per heavy atom. The summed E-state index contributed by atoms with van der Waals surface area (Å²) in [6.45, 7) is 6.81. The van der Waals surface area contributed by atoms with Crippen molar-refractivity contribution in [2.24, 2.45) is 0 Å². The standard InChI is InChI=1S/6C3H6O3.Ba.Ti/c6*1-2(4)3(5)6;;/h6*2,4H,1H3,(H,5,6);;/q;;;;;;+2;+4/p-6. The number of carbonyl (C=O) groups excluding carboxylic acids is 6. The molecule has 0 aliphatic carbocycles. The van der Waals surface area contributed by atoms with Gasteiger partial charge in [-0.25, -0.2) is 0 Å². The maximum atomic E-state index is 9.34. The summed E-state index contributed by atoms with van der Waals surface area (Å²) in [5.74, 6) is -8.61. The number of carbonyl (C=O) groups is 6. The molecule has 0 spiro atoms. The molecule has 0 aliphatic rings. The van der Waals surface area contributed by atoms with Crippen LogP contribution in [0.1, 0.15) is 41.5 Å². The molecule has 216 valence electrons. The molecule has 20 heteroatoms. The minimum atomic E-state index is -1.44. The summed E-state index contributed by atoms with van der Waals surface area (Å²) >= 11 is 0. The monoisotopic (exact) mass is 720 g/mol. The molecular weight excluding hydrogens is 689 g/mol. The summed E-state index contributed by atoms with van der Waals surface area (Å²) in [7, 11) is 0. The van der Waals surface area contributed by atoms with Gasteiger partial charge in [-0.05, 0) is 41.5 Å². The van der Waals surface area contributed by atoms with Crippen molar-refractivity contribution in [1.29, 1.82) is 0 Å². The average molecular weight is 720 g/mol. The molecule has 0 aromatic rings. The van der Waals surface area contributed by atoms with Gasteiger partial charge >= 0.3 is 70.6 Å². The Hall–Kier alpha value is -1.13. The fourth-order valence-corrected chi connectivity index (χ4v) is 0.